The maximum absolute atomic E-state index is 11.2. The molecule has 0 unspecified atom stereocenters. The molecule has 1 aromatic heterocycles. The van der Waals surface area contributed by atoms with Gasteiger partial charge in [-0.1, -0.05) is 26.7 Å². The molecular formula is C15H23NO2. The van der Waals surface area contributed by atoms with E-state index in [0.29, 0.717) is 0 Å². The van der Waals surface area contributed by atoms with Crippen LogP contribution >= 0.6 is 0 Å². The van der Waals surface area contributed by atoms with Crippen LogP contribution in [-0.2, 0) is 12.8 Å². The summed E-state index contributed by atoms with van der Waals surface area (Å²) in [5.74, 6) is -0.911. The first-order chi connectivity index (χ1) is 8.61. The third-order valence-electron chi connectivity index (χ3n) is 3.35. The van der Waals surface area contributed by atoms with Crippen molar-refractivity contribution < 1.29 is 9.90 Å². The van der Waals surface area contributed by atoms with Crippen molar-refractivity contribution in [1.82, 2.24) is 4.98 Å². The first kappa shape index (κ1) is 14.7. The van der Waals surface area contributed by atoms with E-state index in [1.54, 1.807) is 6.20 Å². The molecule has 0 spiro atoms. The highest BCUT2D eigenvalue weighted by molar-refractivity contribution is 5.87. The Morgan fingerprint density at radius 2 is 1.83 bits per heavy atom. The number of rotatable bonds is 7. The van der Waals surface area contributed by atoms with Gasteiger partial charge >= 0.3 is 5.97 Å². The van der Waals surface area contributed by atoms with Gasteiger partial charge in [-0.25, -0.2) is 9.78 Å². The number of carbonyl (C=O) groups is 1. The SMILES string of the molecule is CCCCc1cnc(C(=O)O)c(CCCC)c1C. The number of aryl methyl sites for hydroxylation is 1. The van der Waals surface area contributed by atoms with Gasteiger partial charge in [0.15, 0.2) is 5.69 Å². The van der Waals surface area contributed by atoms with Crippen molar-refractivity contribution in [3.05, 3.63) is 28.6 Å². The number of aromatic nitrogens is 1. The van der Waals surface area contributed by atoms with E-state index in [2.05, 4.69) is 18.8 Å². The second-order valence-corrected chi connectivity index (χ2v) is 4.75. The van der Waals surface area contributed by atoms with Crippen molar-refractivity contribution >= 4 is 5.97 Å². The molecule has 0 amide bonds. The van der Waals surface area contributed by atoms with E-state index >= 15 is 0 Å². The van der Waals surface area contributed by atoms with Crippen molar-refractivity contribution in [1.29, 1.82) is 0 Å². The molecule has 0 atom stereocenters. The summed E-state index contributed by atoms with van der Waals surface area (Å²) in [4.78, 5) is 15.3. The van der Waals surface area contributed by atoms with Gasteiger partial charge in [0.25, 0.3) is 0 Å². The first-order valence-corrected chi connectivity index (χ1v) is 6.82. The molecule has 1 rings (SSSR count). The highest BCUT2D eigenvalue weighted by atomic mass is 16.4. The fourth-order valence-electron chi connectivity index (χ4n) is 2.15. The van der Waals surface area contributed by atoms with Crippen LogP contribution in [0.15, 0.2) is 6.20 Å². The predicted molar refractivity (Wildman–Crippen MR) is 73.2 cm³/mol. The lowest BCUT2D eigenvalue weighted by atomic mass is 9.95. The summed E-state index contributed by atoms with van der Waals surface area (Å²) in [5.41, 5.74) is 3.50. The predicted octanol–water partition coefficient (Wildman–Crippen LogP) is 3.77. The lowest BCUT2D eigenvalue weighted by molar-refractivity contribution is 0.0689. The number of hydrogen-bond acceptors (Lipinski definition) is 2. The van der Waals surface area contributed by atoms with Crippen LogP contribution < -0.4 is 0 Å². The van der Waals surface area contributed by atoms with E-state index in [1.165, 1.54) is 5.56 Å². The Kier molecular flexibility index (Phi) is 5.83. The fraction of sp³-hybridized carbons (Fsp3) is 0.600. The molecule has 0 aliphatic carbocycles. The van der Waals surface area contributed by atoms with Crippen molar-refractivity contribution in [2.24, 2.45) is 0 Å². The van der Waals surface area contributed by atoms with Crippen LogP contribution in [0.2, 0.25) is 0 Å². The van der Waals surface area contributed by atoms with Gasteiger partial charge in [-0.2, -0.15) is 0 Å². The number of nitrogens with zero attached hydrogens (tertiary/aromatic N) is 1. The monoisotopic (exact) mass is 249 g/mol. The molecule has 0 saturated heterocycles. The minimum absolute atomic E-state index is 0.237. The highest BCUT2D eigenvalue weighted by Crippen LogP contribution is 2.20. The third kappa shape index (κ3) is 3.56. The van der Waals surface area contributed by atoms with Gasteiger partial charge < -0.3 is 5.11 Å². The third-order valence-corrected chi connectivity index (χ3v) is 3.35. The molecule has 100 valence electrons. The van der Waals surface area contributed by atoms with E-state index < -0.39 is 5.97 Å². The molecular weight excluding hydrogens is 226 g/mol. The molecule has 3 nitrogen and oxygen atoms in total. The molecule has 0 aromatic carbocycles. The number of hydrogen-bond donors (Lipinski definition) is 1. The van der Waals surface area contributed by atoms with Gasteiger partial charge in [-0.3, -0.25) is 0 Å². The summed E-state index contributed by atoms with van der Waals surface area (Å²) >= 11 is 0. The number of carboxylic acid groups (broad SMARTS) is 1. The van der Waals surface area contributed by atoms with Gasteiger partial charge in [-0.15, -0.1) is 0 Å². The Morgan fingerprint density at radius 3 is 2.39 bits per heavy atom. The fourth-order valence-corrected chi connectivity index (χ4v) is 2.15. The lowest BCUT2D eigenvalue weighted by Crippen LogP contribution is -2.10. The molecule has 1 aromatic rings. The van der Waals surface area contributed by atoms with Gasteiger partial charge in [0.05, 0.1) is 0 Å². The normalized spacial score (nSPS) is 10.6. The molecule has 0 saturated carbocycles. The summed E-state index contributed by atoms with van der Waals surface area (Å²) in [6.07, 6.45) is 7.90. The first-order valence-electron chi connectivity index (χ1n) is 6.82. The molecule has 1 heterocycles. The molecule has 18 heavy (non-hydrogen) atoms. The standard InChI is InChI=1S/C15H23NO2/c1-4-6-8-12-10-16-14(15(17)18)13(11(12)3)9-7-5-2/h10H,4-9H2,1-3H3,(H,17,18). The van der Waals surface area contributed by atoms with Gasteiger partial charge in [-0.05, 0) is 49.3 Å². The van der Waals surface area contributed by atoms with Crippen molar-refractivity contribution in [3.63, 3.8) is 0 Å². The van der Waals surface area contributed by atoms with Gasteiger partial charge in [0.2, 0.25) is 0 Å². The molecule has 1 N–H and O–H groups in total. The van der Waals surface area contributed by atoms with Crippen molar-refractivity contribution in [3.8, 4) is 0 Å². The minimum Gasteiger partial charge on any atom is -0.477 e. The quantitative estimate of drug-likeness (QED) is 0.800. The number of aromatic carboxylic acids is 1. The van der Waals surface area contributed by atoms with E-state index in [-0.39, 0.29) is 5.69 Å². The maximum atomic E-state index is 11.2. The summed E-state index contributed by atoms with van der Waals surface area (Å²) in [6.45, 7) is 6.31. The second kappa shape index (κ2) is 7.14. The Labute approximate surface area is 109 Å². The summed E-state index contributed by atoms with van der Waals surface area (Å²) < 4.78 is 0. The smallest absolute Gasteiger partial charge is 0.354 e. The van der Waals surface area contributed by atoms with Crippen molar-refractivity contribution in [2.75, 3.05) is 0 Å². The molecule has 0 radical (unpaired) electrons. The van der Waals surface area contributed by atoms with Crippen LogP contribution in [0.3, 0.4) is 0 Å². The molecule has 0 aliphatic rings. The summed E-state index contributed by atoms with van der Waals surface area (Å²) in [7, 11) is 0. The van der Waals surface area contributed by atoms with Crippen LogP contribution in [0.25, 0.3) is 0 Å². The van der Waals surface area contributed by atoms with Crippen LogP contribution in [0.4, 0.5) is 0 Å². The summed E-state index contributed by atoms with van der Waals surface area (Å²) in [5, 5.41) is 9.19. The number of pyridine rings is 1. The molecule has 0 bridgehead atoms. The molecule has 0 aliphatic heterocycles. The second-order valence-electron chi connectivity index (χ2n) is 4.75. The number of carboxylic acids is 1. The van der Waals surface area contributed by atoms with Gasteiger partial charge in [0.1, 0.15) is 0 Å². The molecule has 0 fully saturated rings. The largest absolute Gasteiger partial charge is 0.477 e. The van der Waals surface area contributed by atoms with Crippen LogP contribution in [-0.4, -0.2) is 16.1 Å². The highest BCUT2D eigenvalue weighted by Gasteiger charge is 2.16. The van der Waals surface area contributed by atoms with Crippen LogP contribution in [0.1, 0.15) is 66.7 Å². The Hall–Kier alpha value is -1.38. The van der Waals surface area contributed by atoms with Crippen LogP contribution in [0.5, 0.6) is 0 Å². The van der Waals surface area contributed by atoms with E-state index in [1.807, 2.05) is 6.92 Å². The lowest BCUT2D eigenvalue weighted by Gasteiger charge is -2.13. The zero-order valence-corrected chi connectivity index (χ0v) is 11.6. The minimum atomic E-state index is -0.911. The Morgan fingerprint density at radius 1 is 1.22 bits per heavy atom. The van der Waals surface area contributed by atoms with Crippen molar-refractivity contribution in [2.45, 2.75) is 59.3 Å². The zero-order chi connectivity index (χ0) is 13.5. The van der Waals surface area contributed by atoms with Gasteiger partial charge in [0, 0.05) is 6.20 Å². The van der Waals surface area contributed by atoms with E-state index in [9.17, 15) is 9.90 Å². The molecule has 3 heteroatoms. The Balaban J connectivity index is 3.08. The van der Waals surface area contributed by atoms with E-state index in [4.69, 9.17) is 0 Å². The topological polar surface area (TPSA) is 50.2 Å². The maximum Gasteiger partial charge on any atom is 0.354 e. The zero-order valence-electron chi connectivity index (χ0n) is 11.6. The average molecular weight is 249 g/mol. The number of unbranched alkanes of at least 4 members (excludes halogenated alkanes) is 2. The summed E-state index contributed by atoms with van der Waals surface area (Å²) in [6, 6.07) is 0. The van der Waals surface area contributed by atoms with E-state index in [0.717, 1.165) is 49.7 Å². The van der Waals surface area contributed by atoms with Crippen LogP contribution in [0, 0.1) is 6.92 Å². The Bertz CT molecular complexity index is 413. The average Bonchev–Trinajstić information content (AvgIpc) is 2.35.